The fourth-order valence-corrected chi connectivity index (χ4v) is 5.33. The van der Waals surface area contributed by atoms with Gasteiger partial charge in [-0.2, -0.15) is 0 Å². The molecule has 1 amide bonds. The van der Waals surface area contributed by atoms with E-state index in [0.29, 0.717) is 30.1 Å². The van der Waals surface area contributed by atoms with Gasteiger partial charge in [-0.25, -0.2) is 0 Å². The minimum Gasteiger partial charge on any atom is -0.381 e. The summed E-state index contributed by atoms with van der Waals surface area (Å²) < 4.78 is 5.35. The number of benzene rings is 1. The lowest BCUT2D eigenvalue weighted by molar-refractivity contribution is -0.122. The molecule has 1 unspecified atom stereocenters. The summed E-state index contributed by atoms with van der Waals surface area (Å²) in [6, 6.07) is 14.0. The maximum atomic E-state index is 12.5. The maximum Gasteiger partial charge on any atom is 0.228 e. The molecule has 194 valence electrons. The zero-order valence-electron chi connectivity index (χ0n) is 21.3. The van der Waals surface area contributed by atoms with Crippen molar-refractivity contribution in [1.29, 1.82) is 0 Å². The first-order valence-corrected chi connectivity index (χ1v) is 13.3. The number of anilines is 3. The number of thiocarbonyl (C=S) groups is 1. The molecule has 3 aromatic rings. The van der Waals surface area contributed by atoms with Gasteiger partial charge in [0.05, 0.1) is 11.6 Å². The van der Waals surface area contributed by atoms with E-state index in [1.807, 2.05) is 36.4 Å². The van der Waals surface area contributed by atoms with Gasteiger partial charge in [-0.1, -0.05) is 19.9 Å². The lowest BCUT2D eigenvalue weighted by Gasteiger charge is -2.45. The Bertz CT molecular complexity index is 1240. The number of hydrogen-bond donors (Lipinski definition) is 2. The third-order valence-corrected chi connectivity index (χ3v) is 7.49. The number of carbonyl (C=O) groups excluding carboxylic acids is 1. The first-order valence-electron chi connectivity index (χ1n) is 12.9. The highest BCUT2D eigenvalue weighted by molar-refractivity contribution is 7.80. The molecule has 2 N–H and O–H groups in total. The third kappa shape index (κ3) is 5.80. The van der Waals surface area contributed by atoms with Crippen molar-refractivity contribution in [3.05, 3.63) is 48.7 Å². The summed E-state index contributed by atoms with van der Waals surface area (Å²) in [7, 11) is 0. The largest absolute Gasteiger partial charge is 0.381 e. The van der Waals surface area contributed by atoms with Crippen LogP contribution in [0.25, 0.3) is 10.9 Å². The Kier molecular flexibility index (Phi) is 7.76. The van der Waals surface area contributed by atoms with Crippen LogP contribution in [0.2, 0.25) is 0 Å². The molecule has 37 heavy (non-hydrogen) atoms. The summed E-state index contributed by atoms with van der Waals surface area (Å²) in [5.74, 6) is 1.62. The highest BCUT2D eigenvalue weighted by atomic mass is 32.1. The zero-order valence-corrected chi connectivity index (χ0v) is 22.1. The Morgan fingerprint density at radius 2 is 1.89 bits per heavy atom. The average Bonchev–Trinajstić information content (AvgIpc) is 2.94. The van der Waals surface area contributed by atoms with E-state index in [9.17, 15) is 4.79 Å². The van der Waals surface area contributed by atoms with Gasteiger partial charge >= 0.3 is 0 Å². The second kappa shape index (κ2) is 11.4. The second-order valence-electron chi connectivity index (χ2n) is 9.91. The van der Waals surface area contributed by atoms with Gasteiger partial charge in [0.15, 0.2) is 16.7 Å². The Morgan fingerprint density at radius 1 is 1.05 bits per heavy atom. The van der Waals surface area contributed by atoms with E-state index in [4.69, 9.17) is 17.0 Å². The van der Waals surface area contributed by atoms with Crippen LogP contribution < -0.4 is 15.5 Å². The van der Waals surface area contributed by atoms with E-state index in [-0.39, 0.29) is 17.9 Å². The predicted molar refractivity (Wildman–Crippen MR) is 150 cm³/mol. The van der Waals surface area contributed by atoms with Crippen LogP contribution in [0.4, 0.5) is 17.3 Å². The van der Waals surface area contributed by atoms with Crippen LogP contribution in [-0.4, -0.2) is 70.0 Å². The SMILES string of the molecule is CC(C)C1CN(c2ccc(NC(=O)C3CCOCC3)nn2)CCN1C(=S)Nc1cccc2ncccc12. The molecule has 0 spiro atoms. The quantitative estimate of drug-likeness (QED) is 0.486. The van der Waals surface area contributed by atoms with E-state index >= 15 is 0 Å². The van der Waals surface area contributed by atoms with Crippen molar-refractivity contribution in [3.63, 3.8) is 0 Å². The van der Waals surface area contributed by atoms with Crippen LogP contribution in [0.1, 0.15) is 26.7 Å². The molecule has 9 nitrogen and oxygen atoms in total. The van der Waals surface area contributed by atoms with E-state index in [1.165, 1.54) is 0 Å². The Labute approximate surface area is 222 Å². The molecule has 4 heterocycles. The topological polar surface area (TPSA) is 95.5 Å². The predicted octanol–water partition coefficient (Wildman–Crippen LogP) is 3.93. The lowest BCUT2D eigenvalue weighted by Crippen LogP contribution is -2.58. The number of nitrogens with zero attached hydrogens (tertiary/aromatic N) is 5. The van der Waals surface area contributed by atoms with E-state index < -0.39 is 0 Å². The van der Waals surface area contributed by atoms with Gasteiger partial charge in [0.2, 0.25) is 5.91 Å². The number of aromatic nitrogens is 3. The summed E-state index contributed by atoms with van der Waals surface area (Å²) in [5, 5.41) is 16.8. The molecule has 2 aliphatic rings. The number of pyridine rings is 1. The molecule has 1 atom stereocenters. The summed E-state index contributed by atoms with van der Waals surface area (Å²) in [5.41, 5.74) is 1.90. The van der Waals surface area contributed by atoms with Crippen molar-refractivity contribution in [1.82, 2.24) is 20.1 Å². The van der Waals surface area contributed by atoms with Crippen molar-refractivity contribution >= 4 is 51.5 Å². The van der Waals surface area contributed by atoms with Gasteiger partial charge in [0.1, 0.15) is 0 Å². The fourth-order valence-electron chi connectivity index (χ4n) is 4.99. The van der Waals surface area contributed by atoms with Crippen LogP contribution in [0.15, 0.2) is 48.7 Å². The third-order valence-electron chi connectivity index (χ3n) is 7.15. The number of amides is 1. The van der Waals surface area contributed by atoms with Crippen LogP contribution in [-0.2, 0) is 9.53 Å². The highest BCUT2D eigenvalue weighted by Gasteiger charge is 2.32. The number of piperazine rings is 1. The number of fused-ring (bicyclic) bond motifs is 1. The lowest BCUT2D eigenvalue weighted by atomic mass is 9.99. The van der Waals surface area contributed by atoms with Crippen LogP contribution in [0, 0.1) is 11.8 Å². The molecule has 0 saturated carbocycles. The normalized spacial score (nSPS) is 18.7. The van der Waals surface area contributed by atoms with Crippen LogP contribution in [0.5, 0.6) is 0 Å². The molecule has 0 bridgehead atoms. The van der Waals surface area contributed by atoms with Crippen molar-refractivity contribution in [2.75, 3.05) is 48.4 Å². The van der Waals surface area contributed by atoms with Crippen molar-refractivity contribution in [2.24, 2.45) is 11.8 Å². The standard InChI is InChI=1S/C27H33N7O2S/c1-18(2)23-17-33(25-9-8-24(31-32-25)30-26(35)19-10-15-36-16-11-19)13-14-34(23)27(37)29-22-7-3-6-21-20(22)5-4-12-28-21/h3-9,12,18-19,23H,10-11,13-17H2,1-2H3,(H,29,37)(H,30,31,35). The number of hydrogen-bond acceptors (Lipinski definition) is 7. The highest BCUT2D eigenvalue weighted by Crippen LogP contribution is 2.26. The molecule has 2 aromatic heterocycles. The van der Waals surface area contributed by atoms with Crippen molar-refractivity contribution < 1.29 is 9.53 Å². The van der Waals surface area contributed by atoms with Gasteiger partial charge in [-0.05, 0) is 67.4 Å². The first-order chi connectivity index (χ1) is 18.0. The van der Waals surface area contributed by atoms with Crippen molar-refractivity contribution in [2.45, 2.75) is 32.7 Å². The van der Waals surface area contributed by atoms with E-state index in [2.05, 4.69) is 55.5 Å². The molecule has 0 radical (unpaired) electrons. The Morgan fingerprint density at radius 3 is 2.65 bits per heavy atom. The monoisotopic (exact) mass is 519 g/mol. The number of rotatable bonds is 5. The van der Waals surface area contributed by atoms with Gasteiger partial charge in [0.25, 0.3) is 0 Å². The van der Waals surface area contributed by atoms with Gasteiger partial charge < -0.3 is 25.2 Å². The molecule has 2 saturated heterocycles. The maximum absolute atomic E-state index is 12.5. The van der Waals surface area contributed by atoms with E-state index in [1.54, 1.807) is 6.20 Å². The molecular weight excluding hydrogens is 486 g/mol. The summed E-state index contributed by atoms with van der Waals surface area (Å²) >= 11 is 5.88. The minimum absolute atomic E-state index is 0.0122. The average molecular weight is 520 g/mol. The minimum atomic E-state index is -0.0299. The van der Waals surface area contributed by atoms with Gasteiger partial charge in [-0.15, -0.1) is 10.2 Å². The molecule has 5 rings (SSSR count). The van der Waals surface area contributed by atoms with Crippen LogP contribution >= 0.6 is 12.2 Å². The molecule has 0 aliphatic carbocycles. The van der Waals surface area contributed by atoms with Crippen LogP contribution in [0.3, 0.4) is 0 Å². The smallest absolute Gasteiger partial charge is 0.228 e. The number of carbonyl (C=O) groups is 1. The number of ether oxygens (including phenoxy) is 1. The Hall–Kier alpha value is -3.37. The van der Waals surface area contributed by atoms with Gasteiger partial charge in [0, 0.05) is 56.0 Å². The fraction of sp³-hybridized carbons (Fsp3) is 0.444. The molecule has 2 fully saturated rings. The van der Waals surface area contributed by atoms with E-state index in [0.717, 1.165) is 54.9 Å². The molecule has 2 aliphatic heterocycles. The zero-order chi connectivity index (χ0) is 25.8. The molecular formula is C27H33N7O2S. The molecule has 10 heteroatoms. The second-order valence-corrected chi connectivity index (χ2v) is 10.3. The van der Waals surface area contributed by atoms with Crippen molar-refractivity contribution in [3.8, 4) is 0 Å². The summed E-state index contributed by atoms with van der Waals surface area (Å²) in [4.78, 5) is 21.5. The first kappa shape index (κ1) is 25.3. The molecule has 1 aromatic carbocycles. The van der Waals surface area contributed by atoms with Gasteiger partial charge in [-0.3, -0.25) is 9.78 Å². The number of nitrogens with one attached hydrogen (secondary N) is 2. The Balaban J connectivity index is 1.23. The summed E-state index contributed by atoms with van der Waals surface area (Å²) in [6.45, 7) is 8.00. The summed E-state index contributed by atoms with van der Waals surface area (Å²) in [6.07, 6.45) is 3.28.